The third-order valence-electron chi connectivity index (χ3n) is 2.87. The molecule has 0 saturated carbocycles. The number of ether oxygens (including phenoxy) is 1. The summed E-state index contributed by atoms with van der Waals surface area (Å²) in [6.07, 6.45) is 0. The van der Waals surface area contributed by atoms with Crippen LogP contribution in [0.15, 0.2) is 34.1 Å². The van der Waals surface area contributed by atoms with E-state index in [1.807, 2.05) is 13.8 Å². The standard InChI is InChI=1S/C15H18N4O2S/c1-8(2)18-15(17)22-14(16)12-7-13(20)10-5-4-9(21-3)6-11(10)19-12/h4-8,16H,1-3H3,(H2,17,18)(H,19,20). The van der Waals surface area contributed by atoms with Crippen molar-refractivity contribution in [2.45, 2.75) is 19.9 Å². The van der Waals surface area contributed by atoms with Crippen molar-refractivity contribution in [3.8, 4) is 5.75 Å². The first-order valence-corrected chi connectivity index (χ1v) is 7.53. The molecule has 0 aliphatic rings. The number of nitrogens with zero attached hydrogens (tertiary/aromatic N) is 1. The first-order chi connectivity index (χ1) is 10.4. The molecule has 116 valence electrons. The van der Waals surface area contributed by atoms with Gasteiger partial charge in [0, 0.05) is 23.6 Å². The number of aromatic amines is 1. The van der Waals surface area contributed by atoms with E-state index in [0.29, 0.717) is 27.5 Å². The fraction of sp³-hybridized carbons (Fsp3) is 0.267. The molecule has 22 heavy (non-hydrogen) atoms. The molecule has 0 amide bonds. The molecule has 0 saturated heterocycles. The van der Waals surface area contributed by atoms with Gasteiger partial charge >= 0.3 is 0 Å². The minimum Gasteiger partial charge on any atom is -0.497 e. The molecule has 7 heteroatoms. The highest BCUT2D eigenvalue weighted by atomic mass is 32.2. The Kier molecular flexibility index (Phi) is 4.87. The molecule has 0 bridgehead atoms. The van der Waals surface area contributed by atoms with Crippen LogP contribution in [0.1, 0.15) is 19.5 Å². The number of thioether (sulfide) groups is 1. The van der Waals surface area contributed by atoms with Gasteiger partial charge < -0.3 is 15.5 Å². The number of nitrogens with two attached hydrogens (primary N) is 1. The highest BCUT2D eigenvalue weighted by molar-refractivity contribution is 8.26. The van der Waals surface area contributed by atoms with E-state index in [-0.39, 0.29) is 16.5 Å². The molecule has 0 atom stereocenters. The maximum Gasteiger partial charge on any atom is 0.190 e. The second kappa shape index (κ2) is 6.65. The summed E-state index contributed by atoms with van der Waals surface area (Å²) >= 11 is 1.02. The summed E-state index contributed by atoms with van der Waals surface area (Å²) < 4.78 is 5.15. The number of aliphatic imine (C=N–C) groups is 1. The monoisotopic (exact) mass is 318 g/mol. The largest absolute Gasteiger partial charge is 0.497 e. The fourth-order valence-corrected chi connectivity index (χ4v) is 2.61. The van der Waals surface area contributed by atoms with Crippen molar-refractivity contribution in [3.63, 3.8) is 0 Å². The lowest BCUT2D eigenvalue weighted by Crippen LogP contribution is -2.15. The highest BCUT2D eigenvalue weighted by Crippen LogP contribution is 2.18. The van der Waals surface area contributed by atoms with Crippen molar-refractivity contribution in [2.24, 2.45) is 10.7 Å². The first-order valence-electron chi connectivity index (χ1n) is 6.72. The summed E-state index contributed by atoms with van der Waals surface area (Å²) in [6.45, 7) is 3.81. The lowest BCUT2D eigenvalue weighted by Gasteiger charge is -2.07. The third kappa shape index (κ3) is 3.67. The van der Waals surface area contributed by atoms with Gasteiger partial charge in [-0.25, -0.2) is 0 Å². The van der Waals surface area contributed by atoms with Gasteiger partial charge in [0.05, 0.1) is 18.3 Å². The predicted molar refractivity (Wildman–Crippen MR) is 92.3 cm³/mol. The number of hydrogen-bond donors (Lipinski definition) is 3. The summed E-state index contributed by atoms with van der Waals surface area (Å²) in [6, 6.07) is 6.60. The summed E-state index contributed by atoms with van der Waals surface area (Å²) in [7, 11) is 1.56. The average Bonchev–Trinajstić information content (AvgIpc) is 2.45. The first kappa shape index (κ1) is 16.1. The minimum absolute atomic E-state index is 0.0558. The SMILES string of the molecule is COc1ccc2c(=O)cc(C(=N)SC(N)=NC(C)C)[nH]c2c1. The van der Waals surface area contributed by atoms with E-state index in [1.165, 1.54) is 6.07 Å². The molecular weight excluding hydrogens is 300 g/mol. The van der Waals surface area contributed by atoms with Gasteiger partial charge in [-0.3, -0.25) is 15.2 Å². The molecule has 0 aliphatic carbocycles. The van der Waals surface area contributed by atoms with Crippen molar-refractivity contribution in [1.82, 2.24) is 4.98 Å². The normalized spacial score (nSPS) is 11.9. The summed E-state index contributed by atoms with van der Waals surface area (Å²) in [4.78, 5) is 19.4. The van der Waals surface area contributed by atoms with Crippen LogP contribution in [0.2, 0.25) is 0 Å². The number of rotatable bonds is 3. The zero-order valence-corrected chi connectivity index (χ0v) is 13.5. The van der Waals surface area contributed by atoms with Crippen LogP contribution in [-0.2, 0) is 0 Å². The highest BCUT2D eigenvalue weighted by Gasteiger charge is 2.10. The van der Waals surface area contributed by atoms with Crippen molar-refractivity contribution in [3.05, 3.63) is 40.2 Å². The molecule has 2 rings (SSSR count). The van der Waals surface area contributed by atoms with Crippen LogP contribution in [0.3, 0.4) is 0 Å². The third-order valence-corrected chi connectivity index (χ3v) is 3.61. The van der Waals surface area contributed by atoms with Crippen LogP contribution in [0.4, 0.5) is 0 Å². The molecule has 1 aromatic carbocycles. The number of amidine groups is 1. The lowest BCUT2D eigenvalue weighted by atomic mass is 10.2. The van der Waals surface area contributed by atoms with Crippen LogP contribution in [0.25, 0.3) is 10.9 Å². The van der Waals surface area contributed by atoms with Gasteiger partial charge in [0.15, 0.2) is 10.6 Å². The van der Waals surface area contributed by atoms with E-state index in [9.17, 15) is 4.79 Å². The van der Waals surface area contributed by atoms with Crippen molar-refractivity contribution in [1.29, 1.82) is 5.41 Å². The number of benzene rings is 1. The number of fused-ring (bicyclic) bond motifs is 1. The molecule has 1 aromatic heterocycles. The Hall–Kier alpha value is -2.28. The van der Waals surface area contributed by atoms with Gasteiger partial charge in [-0.2, -0.15) is 0 Å². The molecule has 4 N–H and O–H groups in total. The molecule has 0 unspecified atom stereocenters. The number of pyridine rings is 1. The Labute approximate surface area is 132 Å². The van der Waals surface area contributed by atoms with E-state index in [1.54, 1.807) is 25.3 Å². The topological polar surface area (TPSA) is 104 Å². The lowest BCUT2D eigenvalue weighted by molar-refractivity contribution is 0.415. The Morgan fingerprint density at radius 2 is 2.14 bits per heavy atom. The maximum atomic E-state index is 12.1. The van der Waals surface area contributed by atoms with Gasteiger partial charge in [0.25, 0.3) is 0 Å². The van der Waals surface area contributed by atoms with Crippen molar-refractivity contribution in [2.75, 3.05) is 7.11 Å². The number of methoxy groups -OCH3 is 1. The Morgan fingerprint density at radius 3 is 2.77 bits per heavy atom. The van der Waals surface area contributed by atoms with Gasteiger partial charge in [-0.15, -0.1) is 0 Å². The van der Waals surface area contributed by atoms with E-state index < -0.39 is 0 Å². The second-order valence-electron chi connectivity index (χ2n) is 4.95. The molecule has 2 aromatic rings. The van der Waals surface area contributed by atoms with E-state index in [0.717, 1.165) is 11.8 Å². The van der Waals surface area contributed by atoms with Crippen molar-refractivity contribution < 1.29 is 4.74 Å². The van der Waals surface area contributed by atoms with Gasteiger partial charge in [-0.1, -0.05) is 0 Å². The zero-order valence-electron chi connectivity index (χ0n) is 12.6. The molecule has 0 spiro atoms. The van der Waals surface area contributed by atoms with E-state index in [2.05, 4.69) is 9.98 Å². The van der Waals surface area contributed by atoms with Crippen LogP contribution in [-0.4, -0.2) is 28.3 Å². The smallest absolute Gasteiger partial charge is 0.190 e. The molecule has 1 heterocycles. The van der Waals surface area contributed by atoms with E-state index >= 15 is 0 Å². The quantitative estimate of drug-likeness (QED) is 0.596. The van der Waals surface area contributed by atoms with E-state index in [4.69, 9.17) is 15.9 Å². The van der Waals surface area contributed by atoms with Crippen LogP contribution in [0.5, 0.6) is 5.75 Å². The Balaban J connectivity index is 2.39. The van der Waals surface area contributed by atoms with Gasteiger partial charge in [0.2, 0.25) is 0 Å². The Morgan fingerprint density at radius 1 is 1.41 bits per heavy atom. The Bertz CT molecular complexity index is 796. The van der Waals surface area contributed by atoms with Gasteiger partial charge in [-0.05, 0) is 37.7 Å². The number of nitrogens with one attached hydrogen (secondary N) is 2. The number of H-pyrrole nitrogens is 1. The molecular formula is C15H18N4O2S. The number of hydrogen-bond acceptors (Lipinski definition) is 5. The van der Waals surface area contributed by atoms with Crippen molar-refractivity contribution >= 4 is 32.9 Å². The minimum atomic E-state index is -0.156. The molecule has 0 fully saturated rings. The summed E-state index contributed by atoms with van der Waals surface area (Å²) in [5.74, 6) is 0.639. The van der Waals surface area contributed by atoms with Crippen LogP contribution < -0.4 is 15.9 Å². The molecule has 6 nitrogen and oxygen atoms in total. The molecule has 0 aliphatic heterocycles. The molecule has 0 radical (unpaired) electrons. The fourth-order valence-electron chi connectivity index (χ4n) is 1.92. The van der Waals surface area contributed by atoms with Crippen LogP contribution in [0, 0.1) is 5.41 Å². The maximum absolute atomic E-state index is 12.1. The predicted octanol–water partition coefficient (Wildman–Crippen LogP) is 2.32. The summed E-state index contributed by atoms with van der Waals surface area (Å²) in [5, 5.41) is 9.06. The van der Waals surface area contributed by atoms with Crippen LogP contribution >= 0.6 is 11.8 Å². The number of aromatic nitrogens is 1. The zero-order chi connectivity index (χ0) is 16.3. The summed E-state index contributed by atoms with van der Waals surface area (Å²) in [5.41, 5.74) is 6.63. The average molecular weight is 318 g/mol. The second-order valence-corrected chi connectivity index (χ2v) is 5.98. The van der Waals surface area contributed by atoms with Gasteiger partial charge in [0.1, 0.15) is 10.8 Å².